The van der Waals surface area contributed by atoms with Crippen LogP contribution in [0.2, 0.25) is 0 Å². The first-order valence-corrected chi connectivity index (χ1v) is 13.7. The standard InChI is InChI=1S/C29H37N9/c1-20-27(21(2)38-29(32-20)33-22(3)34-38)15-23-9-10-37(19-23)26-7-5-25(6-8-26)28-30-16-24(17-31-28)18-36-13-11-35(4)12-14-36/h5-8,16-17,23H,9-15,18-19H2,1-4H3. The third kappa shape index (κ3) is 5.13. The molecule has 0 aliphatic carbocycles. The second kappa shape index (κ2) is 10.4. The molecule has 2 aliphatic rings. The SMILES string of the molecule is Cc1nc2nc(C)c(CC3CCN(c4ccc(-c5ncc(CN6CCN(C)CC6)cn5)cc4)C3)c(C)n2n1. The molecule has 2 saturated heterocycles. The summed E-state index contributed by atoms with van der Waals surface area (Å²) in [6, 6.07) is 8.72. The third-order valence-corrected chi connectivity index (χ3v) is 8.13. The predicted molar refractivity (Wildman–Crippen MR) is 149 cm³/mol. The van der Waals surface area contributed by atoms with Gasteiger partial charge in [0.1, 0.15) is 5.82 Å². The number of benzene rings is 1. The first-order valence-electron chi connectivity index (χ1n) is 13.7. The Bertz CT molecular complexity index is 1400. The summed E-state index contributed by atoms with van der Waals surface area (Å²) in [5.41, 5.74) is 7.03. The Morgan fingerprint density at radius 3 is 2.37 bits per heavy atom. The molecule has 1 unspecified atom stereocenters. The van der Waals surface area contributed by atoms with Gasteiger partial charge >= 0.3 is 0 Å². The molecule has 38 heavy (non-hydrogen) atoms. The van der Waals surface area contributed by atoms with E-state index in [4.69, 9.17) is 4.98 Å². The van der Waals surface area contributed by atoms with Crippen LogP contribution < -0.4 is 4.90 Å². The fourth-order valence-corrected chi connectivity index (χ4v) is 5.80. The number of fused-ring (bicyclic) bond motifs is 1. The Morgan fingerprint density at radius 1 is 0.895 bits per heavy atom. The Morgan fingerprint density at radius 2 is 1.63 bits per heavy atom. The lowest BCUT2D eigenvalue weighted by atomic mass is 9.96. The largest absolute Gasteiger partial charge is 0.371 e. The second-order valence-electron chi connectivity index (χ2n) is 11.0. The van der Waals surface area contributed by atoms with Crippen molar-refractivity contribution in [1.29, 1.82) is 0 Å². The predicted octanol–water partition coefficient (Wildman–Crippen LogP) is 3.32. The summed E-state index contributed by atoms with van der Waals surface area (Å²) in [6.07, 6.45) is 6.15. The molecule has 0 spiro atoms. The number of rotatable bonds is 6. The molecule has 6 rings (SSSR count). The maximum Gasteiger partial charge on any atom is 0.252 e. The Labute approximate surface area is 224 Å². The Kier molecular flexibility index (Phi) is 6.80. The molecule has 9 nitrogen and oxygen atoms in total. The number of aryl methyl sites for hydroxylation is 3. The highest BCUT2D eigenvalue weighted by Gasteiger charge is 2.25. The van der Waals surface area contributed by atoms with Gasteiger partial charge in [0.25, 0.3) is 5.78 Å². The molecule has 0 N–H and O–H groups in total. The van der Waals surface area contributed by atoms with Crippen molar-refractivity contribution in [2.45, 2.75) is 40.2 Å². The van der Waals surface area contributed by atoms with Crippen molar-refractivity contribution < 1.29 is 0 Å². The zero-order valence-corrected chi connectivity index (χ0v) is 22.9. The number of hydrogen-bond acceptors (Lipinski definition) is 8. The molecule has 4 aromatic rings. The normalized spacial score (nSPS) is 19.1. The van der Waals surface area contributed by atoms with Gasteiger partial charge < -0.3 is 9.80 Å². The van der Waals surface area contributed by atoms with Crippen molar-refractivity contribution in [3.8, 4) is 11.4 Å². The molecule has 5 heterocycles. The van der Waals surface area contributed by atoms with Crippen LogP contribution in [0, 0.1) is 26.7 Å². The van der Waals surface area contributed by atoms with E-state index in [1.54, 1.807) is 0 Å². The van der Waals surface area contributed by atoms with Crippen LogP contribution in [0.4, 0.5) is 5.69 Å². The molecule has 2 aliphatic heterocycles. The highest BCUT2D eigenvalue weighted by Crippen LogP contribution is 2.29. The lowest BCUT2D eigenvalue weighted by Crippen LogP contribution is -2.43. The van der Waals surface area contributed by atoms with E-state index in [2.05, 4.69) is 79.9 Å². The number of aromatic nitrogens is 6. The number of hydrogen-bond donors (Lipinski definition) is 0. The van der Waals surface area contributed by atoms with Crippen LogP contribution in [0.1, 0.15) is 34.8 Å². The minimum atomic E-state index is 0.590. The molecule has 0 bridgehead atoms. The number of anilines is 1. The molecule has 0 saturated carbocycles. The van der Waals surface area contributed by atoms with Gasteiger partial charge in [0.2, 0.25) is 0 Å². The van der Waals surface area contributed by atoms with E-state index in [9.17, 15) is 0 Å². The van der Waals surface area contributed by atoms with E-state index in [0.29, 0.717) is 11.7 Å². The molecule has 3 aromatic heterocycles. The maximum absolute atomic E-state index is 4.71. The van der Waals surface area contributed by atoms with Gasteiger partial charge in [-0.15, -0.1) is 0 Å². The Balaban J connectivity index is 1.08. The zero-order chi connectivity index (χ0) is 26.2. The summed E-state index contributed by atoms with van der Waals surface area (Å²) in [5.74, 6) is 2.84. The van der Waals surface area contributed by atoms with Gasteiger partial charge in [-0.3, -0.25) is 4.90 Å². The van der Waals surface area contributed by atoms with Crippen molar-refractivity contribution >= 4 is 11.5 Å². The summed E-state index contributed by atoms with van der Waals surface area (Å²) in [6.45, 7) is 13.6. The van der Waals surface area contributed by atoms with Crippen molar-refractivity contribution in [2.24, 2.45) is 5.92 Å². The van der Waals surface area contributed by atoms with Crippen molar-refractivity contribution in [3.05, 3.63) is 65.0 Å². The molecular formula is C29H37N9. The van der Waals surface area contributed by atoms with Crippen LogP contribution >= 0.6 is 0 Å². The molecule has 198 valence electrons. The highest BCUT2D eigenvalue weighted by molar-refractivity contribution is 5.60. The van der Waals surface area contributed by atoms with E-state index in [1.165, 1.54) is 23.2 Å². The number of likely N-dealkylation sites (N-methyl/N-ethyl adjacent to an activating group) is 1. The second-order valence-corrected chi connectivity index (χ2v) is 11.0. The highest BCUT2D eigenvalue weighted by atomic mass is 15.3. The van der Waals surface area contributed by atoms with E-state index >= 15 is 0 Å². The van der Waals surface area contributed by atoms with Crippen LogP contribution in [-0.2, 0) is 13.0 Å². The smallest absolute Gasteiger partial charge is 0.252 e. The fraction of sp³-hybridized carbons (Fsp3) is 0.483. The lowest BCUT2D eigenvalue weighted by Gasteiger charge is -2.32. The molecular weight excluding hydrogens is 474 g/mol. The van der Waals surface area contributed by atoms with E-state index in [1.807, 2.05) is 23.8 Å². The molecule has 0 amide bonds. The topological polar surface area (TPSA) is 78.6 Å². The number of nitrogens with zero attached hydrogens (tertiary/aromatic N) is 9. The van der Waals surface area contributed by atoms with E-state index in [-0.39, 0.29) is 0 Å². The summed E-state index contributed by atoms with van der Waals surface area (Å²) >= 11 is 0. The first-order chi connectivity index (χ1) is 18.4. The van der Waals surface area contributed by atoms with Crippen LogP contribution in [0.15, 0.2) is 36.7 Å². The average molecular weight is 512 g/mol. The fourth-order valence-electron chi connectivity index (χ4n) is 5.80. The van der Waals surface area contributed by atoms with Crippen molar-refractivity contribution in [1.82, 2.24) is 39.3 Å². The third-order valence-electron chi connectivity index (χ3n) is 8.13. The Hall–Kier alpha value is -3.43. The molecule has 1 atom stereocenters. The maximum atomic E-state index is 4.71. The first kappa shape index (κ1) is 24.9. The van der Waals surface area contributed by atoms with Gasteiger partial charge in [0.05, 0.1) is 0 Å². The average Bonchev–Trinajstić information content (AvgIpc) is 3.55. The van der Waals surface area contributed by atoms with Gasteiger partial charge in [0, 0.05) is 86.4 Å². The number of piperazine rings is 1. The quantitative estimate of drug-likeness (QED) is 0.390. The minimum Gasteiger partial charge on any atom is -0.371 e. The van der Waals surface area contributed by atoms with E-state index < -0.39 is 0 Å². The van der Waals surface area contributed by atoms with Crippen LogP contribution in [0.3, 0.4) is 0 Å². The van der Waals surface area contributed by atoms with Crippen LogP contribution in [0.5, 0.6) is 0 Å². The molecule has 1 aromatic carbocycles. The van der Waals surface area contributed by atoms with Gasteiger partial charge in [0.15, 0.2) is 5.82 Å². The van der Waals surface area contributed by atoms with Crippen LogP contribution in [0.25, 0.3) is 17.2 Å². The van der Waals surface area contributed by atoms with Gasteiger partial charge in [-0.1, -0.05) is 0 Å². The molecule has 9 heteroatoms. The minimum absolute atomic E-state index is 0.590. The zero-order valence-electron chi connectivity index (χ0n) is 22.9. The summed E-state index contributed by atoms with van der Waals surface area (Å²) in [4.78, 5) is 25.8. The van der Waals surface area contributed by atoms with Crippen molar-refractivity contribution in [3.63, 3.8) is 0 Å². The van der Waals surface area contributed by atoms with Crippen molar-refractivity contribution in [2.75, 3.05) is 51.2 Å². The van der Waals surface area contributed by atoms with Crippen LogP contribution in [-0.4, -0.2) is 85.7 Å². The summed E-state index contributed by atoms with van der Waals surface area (Å²) in [7, 11) is 2.18. The van der Waals surface area contributed by atoms with Gasteiger partial charge in [-0.25, -0.2) is 19.5 Å². The summed E-state index contributed by atoms with van der Waals surface area (Å²) in [5, 5.41) is 4.54. The molecule has 0 radical (unpaired) electrons. The van der Waals surface area contributed by atoms with E-state index in [0.717, 1.165) is 80.8 Å². The van der Waals surface area contributed by atoms with Gasteiger partial charge in [-0.2, -0.15) is 10.1 Å². The van der Waals surface area contributed by atoms with Gasteiger partial charge in [-0.05, 0) is 76.4 Å². The summed E-state index contributed by atoms with van der Waals surface area (Å²) < 4.78 is 1.89. The monoisotopic (exact) mass is 511 g/mol. The lowest BCUT2D eigenvalue weighted by molar-refractivity contribution is 0.148. The molecule has 2 fully saturated rings.